The van der Waals surface area contributed by atoms with Crippen LogP contribution in [0.4, 0.5) is 0 Å². The highest BCUT2D eigenvalue weighted by molar-refractivity contribution is 4.77. The van der Waals surface area contributed by atoms with Gasteiger partial charge in [0.15, 0.2) is 0 Å². The standard InChI is InChI=1S/C18H35N3/c1-2-12-21(11-1)16-18-7-14-20(15-8-18)13-3-4-17-5-9-19-10-6-17/h17-19H,1-16H2. The van der Waals surface area contributed by atoms with E-state index in [1.807, 2.05) is 0 Å². The van der Waals surface area contributed by atoms with Crippen LogP contribution < -0.4 is 5.32 Å². The summed E-state index contributed by atoms with van der Waals surface area (Å²) in [6.45, 7) is 10.7. The zero-order valence-corrected chi connectivity index (χ0v) is 13.9. The Kier molecular flexibility index (Phi) is 6.38. The summed E-state index contributed by atoms with van der Waals surface area (Å²) < 4.78 is 0. The van der Waals surface area contributed by atoms with Crippen LogP contribution in [0.5, 0.6) is 0 Å². The van der Waals surface area contributed by atoms with Crippen molar-refractivity contribution in [1.82, 2.24) is 15.1 Å². The van der Waals surface area contributed by atoms with Crippen molar-refractivity contribution < 1.29 is 0 Å². The van der Waals surface area contributed by atoms with Gasteiger partial charge in [-0.3, -0.25) is 0 Å². The highest BCUT2D eigenvalue weighted by Gasteiger charge is 2.22. The monoisotopic (exact) mass is 293 g/mol. The lowest BCUT2D eigenvalue weighted by Gasteiger charge is -2.34. The largest absolute Gasteiger partial charge is 0.317 e. The fraction of sp³-hybridized carbons (Fsp3) is 1.00. The molecule has 3 heteroatoms. The molecule has 0 saturated carbocycles. The quantitative estimate of drug-likeness (QED) is 0.812. The molecule has 0 aromatic heterocycles. The zero-order chi connectivity index (χ0) is 14.3. The molecule has 3 heterocycles. The van der Waals surface area contributed by atoms with Crippen LogP contribution in [-0.2, 0) is 0 Å². The van der Waals surface area contributed by atoms with Crippen LogP contribution in [0.2, 0.25) is 0 Å². The molecule has 3 nitrogen and oxygen atoms in total. The van der Waals surface area contributed by atoms with E-state index in [-0.39, 0.29) is 0 Å². The fourth-order valence-electron chi connectivity index (χ4n) is 4.50. The van der Waals surface area contributed by atoms with E-state index in [1.165, 1.54) is 104 Å². The maximum atomic E-state index is 3.47. The summed E-state index contributed by atoms with van der Waals surface area (Å²) in [5.74, 6) is 2.00. The molecule has 3 aliphatic heterocycles. The van der Waals surface area contributed by atoms with Gasteiger partial charge in [-0.15, -0.1) is 0 Å². The van der Waals surface area contributed by atoms with E-state index >= 15 is 0 Å². The summed E-state index contributed by atoms with van der Waals surface area (Å²) in [6, 6.07) is 0. The molecule has 3 aliphatic rings. The summed E-state index contributed by atoms with van der Waals surface area (Å²) in [5.41, 5.74) is 0. The molecule has 0 bridgehead atoms. The van der Waals surface area contributed by atoms with Crippen LogP contribution in [-0.4, -0.2) is 62.2 Å². The number of nitrogens with zero attached hydrogens (tertiary/aromatic N) is 2. The van der Waals surface area contributed by atoms with Gasteiger partial charge in [0.25, 0.3) is 0 Å². The summed E-state index contributed by atoms with van der Waals surface area (Å²) >= 11 is 0. The number of rotatable bonds is 6. The molecule has 0 aromatic carbocycles. The molecule has 3 saturated heterocycles. The summed E-state index contributed by atoms with van der Waals surface area (Å²) in [7, 11) is 0. The Hall–Kier alpha value is -0.120. The normalized spacial score (nSPS) is 27.4. The average molecular weight is 293 g/mol. The van der Waals surface area contributed by atoms with Gasteiger partial charge in [0, 0.05) is 6.54 Å². The SMILES string of the molecule is C(CC1CCNCC1)CN1CCC(CN2CCCC2)CC1. The Labute approximate surface area is 131 Å². The van der Waals surface area contributed by atoms with Gasteiger partial charge in [0.2, 0.25) is 0 Å². The minimum absolute atomic E-state index is 0.990. The molecule has 0 atom stereocenters. The fourth-order valence-corrected chi connectivity index (χ4v) is 4.50. The van der Waals surface area contributed by atoms with Crippen molar-refractivity contribution in [2.75, 3.05) is 52.4 Å². The first kappa shape index (κ1) is 15.8. The predicted molar refractivity (Wildman–Crippen MR) is 89.7 cm³/mol. The van der Waals surface area contributed by atoms with Crippen molar-refractivity contribution in [3.63, 3.8) is 0 Å². The van der Waals surface area contributed by atoms with Crippen molar-refractivity contribution >= 4 is 0 Å². The molecular weight excluding hydrogens is 258 g/mol. The van der Waals surface area contributed by atoms with Crippen molar-refractivity contribution in [2.24, 2.45) is 11.8 Å². The van der Waals surface area contributed by atoms with Gasteiger partial charge in [-0.1, -0.05) is 0 Å². The van der Waals surface area contributed by atoms with Crippen molar-refractivity contribution in [3.8, 4) is 0 Å². The lowest BCUT2D eigenvalue weighted by molar-refractivity contribution is 0.149. The first-order valence-electron chi connectivity index (χ1n) is 9.55. The van der Waals surface area contributed by atoms with Gasteiger partial charge in [-0.25, -0.2) is 0 Å². The Morgan fingerprint density at radius 3 is 2.19 bits per heavy atom. The van der Waals surface area contributed by atoms with Crippen LogP contribution in [0.25, 0.3) is 0 Å². The Balaban J connectivity index is 1.25. The van der Waals surface area contributed by atoms with Gasteiger partial charge in [0.1, 0.15) is 0 Å². The lowest BCUT2D eigenvalue weighted by Crippen LogP contribution is -2.38. The van der Waals surface area contributed by atoms with Crippen molar-refractivity contribution in [1.29, 1.82) is 0 Å². The van der Waals surface area contributed by atoms with Crippen LogP contribution >= 0.6 is 0 Å². The van der Waals surface area contributed by atoms with E-state index in [1.54, 1.807) is 0 Å². The zero-order valence-electron chi connectivity index (χ0n) is 13.9. The summed E-state index contributed by atoms with van der Waals surface area (Å²) in [4.78, 5) is 5.44. The van der Waals surface area contributed by atoms with E-state index < -0.39 is 0 Å². The number of nitrogens with one attached hydrogen (secondary N) is 1. The Morgan fingerprint density at radius 2 is 1.48 bits per heavy atom. The third-order valence-corrected chi connectivity index (χ3v) is 5.97. The molecule has 3 rings (SSSR count). The smallest absolute Gasteiger partial charge is 0.00106 e. The van der Waals surface area contributed by atoms with Gasteiger partial charge < -0.3 is 15.1 Å². The molecule has 0 aromatic rings. The predicted octanol–water partition coefficient (Wildman–Crippen LogP) is 2.57. The van der Waals surface area contributed by atoms with Crippen molar-refractivity contribution in [2.45, 2.75) is 51.4 Å². The highest BCUT2D eigenvalue weighted by Crippen LogP contribution is 2.22. The van der Waals surface area contributed by atoms with Gasteiger partial charge in [-0.2, -0.15) is 0 Å². The van der Waals surface area contributed by atoms with E-state index in [4.69, 9.17) is 0 Å². The third-order valence-electron chi connectivity index (χ3n) is 5.97. The minimum atomic E-state index is 0.990. The first-order chi connectivity index (χ1) is 10.4. The van der Waals surface area contributed by atoms with Crippen molar-refractivity contribution in [3.05, 3.63) is 0 Å². The summed E-state index contributed by atoms with van der Waals surface area (Å²) in [6.07, 6.45) is 11.5. The first-order valence-corrected chi connectivity index (χ1v) is 9.55. The van der Waals surface area contributed by atoms with Gasteiger partial charge >= 0.3 is 0 Å². The third kappa shape index (κ3) is 5.22. The molecule has 0 aliphatic carbocycles. The van der Waals surface area contributed by atoms with Crippen LogP contribution in [0.3, 0.4) is 0 Å². The molecule has 0 amide bonds. The van der Waals surface area contributed by atoms with Crippen LogP contribution in [0.15, 0.2) is 0 Å². The number of hydrogen-bond donors (Lipinski definition) is 1. The highest BCUT2D eigenvalue weighted by atomic mass is 15.2. The molecule has 0 unspecified atom stereocenters. The topological polar surface area (TPSA) is 18.5 Å². The second-order valence-electron chi connectivity index (χ2n) is 7.63. The molecular formula is C18H35N3. The number of piperidine rings is 2. The minimum Gasteiger partial charge on any atom is -0.317 e. The molecule has 1 N–H and O–H groups in total. The molecule has 122 valence electrons. The van der Waals surface area contributed by atoms with Crippen LogP contribution in [0, 0.1) is 11.8 Å². The lowest BCUT2D eigenvalue weighted by atomic mass is 9.92. The second-order valence-corrected chi connectivity index (χ2v) is 7.63. The molecule has 0 spiro atoms. The maximum absolute atomic E-state index is 3.47. The second kappa shape index (κ2) is 8.50. The Morgan fingerprint density at radius 1 is 0.762 bits per heavy atom. The van der Waals surface area contributed by atoms with E-state index in [9.17, 15) is 0 Å². The average Bonchev–Trinajstić information content (AvgIpc) is 3.03. The molecule has 3 fully saturated rings. The van der Waals surface area contributed by atoms with Gasteiger partial charge in [0.05, 0.1) is 0 Å². The number of likely N-dealkylation sites (tertiary alicyclic amines) is 2. The van der Waals surface area contributed by atoms with Gasteiger partial charge in [-0.05, 0) is 109 Å². The van der Waals surface area contributed by atoms with Crippen LogP contribution in [0.1, 0.15) is 51.4 Å². The van der Waals surface area contributed by atoms with E-state index in [0.717, 1.165) is 11.8 Å². The maximum Gasteiger partial charge on any atom is 0.00106 e. The molecule has 21 heavy (non-hydrogen) atoms. The summed E-state index contributed by atoms with van der Waals surface area (Å²) in [5, 5.41) is 3.47. The molecule has 0 radical (unpaired) electrons. The van der Waals surface area contributed by atoms with E-state index in [2.05, 4.69) is 15.1 Å². The van der Waals surface area contributed by atoms with E-state index in [0.29, 0.717) is 0 Å². The number of hydrogen-bond acceptors (Lipinski definition) is 3. The Bertz CT molecular complexity index is 274.